The Kier molecular flexibility index (Phi) is 7.25. The van der Waals surface area contributed by atoms with Gasteiger partial charge in [0.1, 0.15) is 60.4 Å². The van der Waals surface area contributed by atoms with Crippen LogP contribution in [0.25, 0.3) is 0 Å². The molecule has 0 unspecified atom stereocenters. The lowest BCUT2D eigenvalue weighted by molar-refractivity contribution is 0.181. The summed E-state index contributed by atoms with van der Waals surface area (Å²) in [5.41, 5.74) is 12.8. The number of hydrogen-bond donors (Lipinski definition) is 0. The summed E-state index contributed by atoms with van der Waals surface area (Å²) in [5, 5.41) is 0. The molecule has 0 radical (unpaired) electrons. The zero-order valence-electron chi connectivity index (χ0n) is 32.0. The van der Waals surface area contributed by atoms with Gasteiger partial charge in [-0.05, 0) is 68.5 Å². The van der Waals surface area contributed by atoms with Crippen LogP contribution in [0.3, 0.4) is 0 Å². The Balaban J connectivity index is 0.806. The zero-order chi connectivity index (χ0) is 37.9. The molecule has 0 saturated carbocycles. The molecule has 0 spiro atoms. The third-order valence-corrected chi connectivity index (χ3v) is 13.8. The van der Waals surface area contributed by atoms with Crippen LogP contribution in [0, 0.1) is 11.8 Å². The Morgan fingerprint density at radius 1 is 0.362 bits per heavy atom. The summed E-state index contributed by atoms with van der Waals surface area (Å²) in [4.78, 5) is 21.1. The van der Waals surface area contributed by atoms with Crippen molar-refractivity contribution in [2.75, 3.05) is 0 Å². The van der Waals surface area contributed by atoms with Gasteiger partial charge in [0, 0.05) is 25.7 Å². The van der Waals surface area contributed by atoms with Crippen LogP contribution in [0.4, 0.5) is 0 Å². The van der Waals surface area contributed by atoms with E-state index in [0.29, 0.717) is 12.8 Å². The molecule has 8 heteroatoms. The standard InChI is InChI=1S/C50H42N4O4/c1-5-13-33-29(9-1)23-39-43(33)51-47(55-39)37(48-52-44-34-14-6-2-10-30(34)24-40(44)56-48)21-27-17-19-28(20-18-27)22-38(49-53-45-35-15-7-3-11-31(35)25-41(45)57-49)50-54-46-36-16-8-4-12-32(36)26-42(46)58-50/h1-20,37-46H,21-26H2/t39-,40-,41-,42-,43+,44+,45+,46+/m1/s1. The lowest BCUT2D eigenvalue weighted by Gasteiger charge is -2.21. The Morgan fingerprint density at radius 3 is 0.897 bits per heavy atom. The number of aliphatic imine (C=N–C) groups is 4. The molecule has 8 atom stereocenters. The first-order chi connectivity index (χ1) is 28.7. The third-order valence-electron chi connectivity index (χ3n) is 13.8. The molecule has 4 aliphatic carbocycles. The van der Waals surface area contributed by atoms with Gasteiger partial charge in [0.2, 0.25) is 0 Å². The highest BCUT2D eigenvalue weighted by atomic mass is 16.5. The van der Waals surface area contributed by atoms with E-state index < -0.39 is 0 Å². The van der Waals surface area contributed by atoms with Gasteiger partial charge in [0.05, 0.1) is 0 Å². The first kappa shape index (κ1) is 33.0. The normalized spacial score (nSPS) is 28.4. The van der Waals surface area contributed by atoms with E-state index in [9.17, 15) is 0 Å². The second kappa shape index (κ2) is 12.7. The fourth-order valence-corrected chi connectivity index (χ4v) is 11.0. The summed E-state index contributed by atoms with van der Waals surface area (Å²) in [6.45, 7) is 0. The van der Waals surface area contributed by atoms with Gasteiger partial charge in [-0.3, -0.25) is 0 Å². The van der Waals surface area contributed by atoms with Crippen molar-refractivity contribution in [3.05, 3.63) is 177 Å². The second-order valence-electron chi connectivity index (χ2n) is 17.2. The van der Waals surface area contributed by atoms with Gasteiger partial charge in [-0.1, -0.05) is 121 Å². The highest BCUT2D eigenvalue weighted by molar-refractivity contribution is 6.03. The highest BCUT2D eigenvalue weighted by Gasteiger charge is 2.48. The predicted octanol–water partition coefficient (Wildman–Crippen LogP) is 8.38. The average Bonchev–Trinajstić information content (AvgIpc) is 4.11. The molecule has 8 aliphatic rings. The molecule has 5 aromatic carbocycles. The maximum Gasteiger partial charge on any atom is 0.197 e. The lowest BCUT2D eigenvalue weighted by Crippen LogP contribution is -2.30. The van der Waals surface area contributed by atoms with Gasteiger partial charge in [-0.2, -0.15) is 0 Å². The molecular weight excluding hydrogens is 721 g/mol. The SMILES string of the molecule is c1ccc2c(c1)C[C@H]1OC(C(Cc3ccc(CC(C4=N[C@H]5c6ccccc6C[C@H]5O4)C4=N[C@H]5c6ccccc6C[C@H]5O4)cc3)C3=N[C@H]4c5ccccc5C[C@H]4O3)=N[C@@H]21. The molecule has 0 amide bonds. The molecule has 0 aromatic heterocycles. The van der Waals surface area contributed by atoms with Gasteiger partial charge >= 0.3 is 0 Å². The van der Waals surface area contributed by atoms with Crippen molar-refractivity contribution >= 4 is 23.6 Å². The van der Waals surface area contributed by atoms with Gasteiger partial charge in [-0.25, -0.2) is 20.0 Å². The van der Waals surface area contributed by atoms with Crippen LogP contribution in [0.5, 0.6) is 0 Å². The fourth-order valence-electron chi connectivity index (χ4n) is 11.0. The summed E-state index contributed by atoms with van der Waals surface area (Å²) in [7, 11) is 0. The molecular formula is C50H42N4O4. The van der Waals surface area contributed by atoms with E-state index in [1.165, 1.54) is 55.6 Å². The largest absolute Gasteiger partial charge is 0.474 e. The van der Waals surface area contributed by atoms with Crippen LogP contribution in [0.2, 0.25) is 0 Å². The van der Waals surface area contributed by atoms with Gasteiger partial charge in [0.25, 0.3) is 0 Å². The highest BCUT2D eigenvalue weighted by Crippen LogP contribution is 2.47. The lowest BCUT2D eigenvalue weighted by atomic mass is 9.94. The van der Waals surface area contributed by atoms with Crippen molar-refractivity contribution in [1.82, 2.24) is 0 Å². The van der Waals surface area contributed by atoms with Crippen molar-refractivity contribution in [1.29, 1.82) is 0 Å². The Labute approximate surface area is 337 Å². The molecule has 5 aromatic rings. The van der Waals surface area contributed by atoms with Crippen LogP contribution < -0.4 is 0 Å². The van der Waals surface area contributed by atoms with Crippen molar-refractivity contribution in [3.8, 4) is 0 Å². The van der Waals surface area contributed by atoms with E-state index in [0.717, 1.165) is 49.3 Å². The molecule has 0 N–H and O–H groups in total. The molecule has 8 nitrogen and oxygen atoms in total. The maximum absolute atomic E-state index is 6.74. The Bertz CT molecular complexity index is 2300. The van der Waals surface area contributed by atoms with E-state index >= 15 is 0 Å². The van der Waals surface area contributed by atoms with Crippen LogP contribution in [-0.2, 0) is 57.5 Å². The number of fused-ring (bicyclic) bond motifs is 12. The minimum Gasteiger partial charge on any atom is -0.474 e. The Hall–Kier alpha value is -6.02. The van der Waals surface area contributed by atoms with E-state index in [4.69, 9.17) is 38.9 Å². The first-order valence-corrected chi connectivity index (χ1v) is 21.0. The average molecular weight is 763 g/mol. The molecule has 286 valence electrons. The summed E-state index contributed by atoms with van der Waals surface area (Å²) in [6.07, 6.45) is 4.89. The molecule has 58 heavy (non-hydrogen) atoms. The van der Waals surface area contributed by atoms with Crippen LogP contribution >= 0.6 is 0 Å². The third kappa shape index (κ3) is 5.19. The molecule has 0 fully saturated rings. The van der Waals surface area contributed by atoms with E-state index in [-0.39, 0.29) is 60.4 Å². The maximum atomic E-state index is 6.74. The first-order valence-electron chi connectivity index (χ1n) is 21.0. The fraction of sp³-hybridized carbons (Fsp3) is 0.320. The minimum absolute atomic E-state index is 0.0118. The van der Waals surface area contributed by atoms with Crippen molar-refractivity contribution < 1.29 is 18.9 Å². The quantitative estimate of drug-likeness (QED) is 0.159. The number of hydrogen-bond acceptors (Lipinski definition) is 8. The van der Waals surface area contributed by atoms with Gasteiger partial charge in [-0.15, -0.1) is 0 Å². The minimum atomic E-state index is -0.207. The molecule has 0 bridgehead atoms. The number of nitrogens with zero attached hydrogens (tertiary/aromatic N) is 4. The summed E-state index contributed by atoms with van der Waals surface area (Å²) in [5.74, 6) is 2.56. The summed E-state index contributed by atoms with van der Waals surface area (Å²) in [6, 6.07) is 43.4. The topological polar surface area (TPSA) is 86.4 Å². The van der Waals surface area contributed by atoms with E-state index in [1.807, 2.05) is 0 Å². The van der Waals surface area contributed by atoms with Crippen molar-refractivity contribution in [2.45, 2.75) is 87.1 Å². The summed E-state index contributed by atoms with van der Waals surface area (Å²) < 4.78 is 27.0. The van der Waals surface area contributed by atoms with Gasteiger partial charge in [0.15, 0.2) is 23.6 Å². The molecule has 4 aliphatic heterocycles. The number of rotatable bonds is 8. The van der Waals surface area contributed by atoms with Crippen molar-refractivity contribution in [3.63, 3.8) is 0 Å². The van der Waals surface area contributed by atoms with E-state index in [1.54, 1.807) is 0 Å². The molecule has 4 heterocycles. The van der Waals surface area contributed by atoms with E-state index in [2.05, 4.69) is 121 Å². The van der Waals surface area contributed by atoms with Crippen LogP contribution in [0.1, 0.15) is 79.8 Å². The zero-order valence-corrected chi connectivity index (χ0v) is 32.0. The predicted molar refractivity (Wildman–Crippen MR) is 222 cm³/mol. The Morgan fingerprint density at radius 2 is 0.621 bits per heavy atom. The van der Waals surface area contributed by atoms with Crippen LogP contribution in [0.15, 0.2) is 141 Å². The van der Waals surface area contributed by atoms with Crippen molar-refractivity contribution in [2.24, 2.45) is 31.8 Å². The summed E-state index contributed by atoms with van der Waals surface area (Å²) >= 11 is 0. The monoisotopic (exact) mass is 762 g/mol. The molecule has 0 saturated heterocycles. The smallest absolute Gasteiger partial charge is 0.197 e. The number of benzene rings is 5. The number of ether oxygens (including phenoxy) is 4. The van der Waals surface area contributed by atoms with Crippen LogP contribution in [-0.4, -0.2) is 48.0 Å². The van der Waals surface area contributed by atoms with Gasteiger partial charge < -0.3 is 18.9 Å². The second-order valence-corrected chi connectivity index (χ2v) is 17.2. The molecule has 13 rings (SSSR count).